The monoisotopic (exact) mass is 457 g/mol. The first-order chi connectivity index (χ1) is 16.7. The van der Waals surface area contributed by atoms with Gasteiger partial charge in [-0.25, -0.2) is 4.98 Å². The molecule has 0 unspecified atom stereocenters. The summed E-state index contributed by atoms with van der Waals surface area (Å²) < 4.78 is 14.1. The maximum Gasteiger partial charge on any atom is 0.155 e. The van der Waals surface area contributed by atoms with E-state index >= 15 is 0 Å². The van der Waals surface area contributed by atoms with Crippen LogP contribution in [0.3, 0.4) is 0 Å². The van der Waals surface area contributed by atoms with Gasteiger partial charge in [0.25, 0.3) is 0 Å². The topological polar surface area (TPSA) is 70.0 Å². The van der Waals surface area contributed by atoms with Gasteiger partial charge in [0, 0.05) is 35.8 Å². The first kappa shape index (κ1) is 21.4. The number of ether oxygens (including phenoxy) is 1. The summed E-state index contributed by atoms with van der Waals surface area (Å²) in [6, 6.07) is 14.2. The quantitative estimate of drug-likeness (QED) is 0.471. The van der Waals surface area contributed by atoms with E-state index < -0.39 is 0 Å². The Balaban J connectivity index is 1.09. The van der Waals surface area contributed by atoms with Crippen molar-refractivity contribution in [1.29, 1.82) is 5.41 Å². The molecule has 0 amide bonds. The van der Waals surface area contributed by atoms with Crippen LogP contribution in [0.5, 0.6) is 5.75 Å². The SMILES string of the molecule is N=c1cc(-c2cc3cccn3cn2)oc2ccc(OCCN3CCC(N4CCCC4)CC3)cc12. The summed E-state index contributed by atoms with van der Waals surface area (Å²) >= 11 is 0. The Bertz CT molecular complexity index is 1350. The van der Waals surface area contributed by atoms with Crippen LogP contribution in [0.1, 0.15) is 25.7 Å². The molecule has 2 aliphatic rings. The van der Waals surface area contributed by atoms with Gasteiger partial charge in [0.15, 0.2) is 5.76 Å². The van der Waals surface area contributed by atoms with Crippen LogP contribution in [0, 0.1) is 5.41 Å². The van der Waals surface area contributed by atoms with E-state index in [1.54, 1.807) is 12.4 Å². The van der Waals surface area contributed by atoms with Crippen molar-refractivity contribution >= 4 is 16.5 Å². The Labute approximate surface area is 199 Å². The zero-order valence-corrected chi connectivity index (χ0v) is 19.4. The van der Waals surface area contributed by atoms with Crippen molar-refractivity contribution in [3.8, 4) is 17.2 Å². The highest BCUT2D eigenvalue weighted by Crippen LogP contribution is 2.25. The molecule has 0 saturated carbocycles. The standard InChI is InChI=1S/C27H31N5O2/c28-24-18-27(25-16-21-4-3-11-32(21)19-29-25)34-26-6-5-22(17-23(24)26)33-15-14-30-12-7-20(8-13-30)31-9-1-2-10-31/h3-6,11,16-20,28H,1-2,7-10,12-15H2. The molecule has 3 aromatic heterocycles. The van der Waals surface area contributed by atoms with Gasteiger partial charge in [0.05, 0.1) is 11.7 Å². The van der Waals surface area contributed by atoms with Crippen LogP contribution >= 0.6 is 0 Å². The summed E-state index contributed by atoms with van der Waals surface area (Å²) in [7, 11) is 0. The fraction of sp³-hybridized carbons (Fsp3) is 0.407. The van der Waals surface area contributed by atoms with Gasteiger partial charge in [-0.3, -0.25) is 10.3 Å². The van der Waals surface area contributed by atoms with Crippen molar-refractivity contribution in [2.24, 2.45) is 0 Å². The zero-order chi connectivity index (χ0) is 22.9. The molecular formula is C27H31N5O2. The summed E-state index contributed by atoms with van der Waals surface area (Å²) in [5.74, 6) is 1.37. The number of hydrogen-bond donors (Lipinski definition) is 1. The highest BCUT2D eigenvalue weighted by molar-refractivity contribution is 5.79. The molecule has 4 aromatic rings. The van der Waals surface area contributed by atoms with E-state index in [2.05, 4.69) is 14.8 Å². The summed E-state index contributed by atoms with van der Waals surface area (Å²) in [6.45, 7) is 6.49. The van der Waals surface area contributed by atoms with Crippen LogP contribution in [0.15, 0.2) is 59.4 Å². The van der Waals surface area contributed by atoms with Crippen LogP contribution in [-0.2, 0) is 0 Å². The maximum absolute atomic E-state index is 8.55. The molecule has 2 saturated heterocycles. The fourth-order valence-corrected chi connectivity index (χ4v) is 5.36. The van der Waals surface area contributed by atoms with Crippen molar-refractivity contribution < 1.29 is 9.15 Å². The minimum Gasteiger partial charge on any atom is -0.492 e. The van der Waals surface area contributed by atoms with E-state index in [4.69, 9.17) is 14.6 Å². The summed E-state index contributed by atoms with van der Waals surface area (Å²) in [6.07, 6.45) is 9.00. The van der Waals surface area contributed by atoms with Crippen LogP contribution < -0.4 is 10.1 Å². The Morgan fingerprint density at radius 3 is 2.74 bits per heavy atom. The van der Waals surface area contributed by atoms with Crippen molar-refractivity contribution in [2.45, 2.75) is 31.7 Å². The minimum absolute atomic E-state index is 0.405. The van der Waals surface area contributed by atoms with Gasteiger partial charge in [0.1, 0.15) is 23.6 Å². The number of fused-ring (bicyclic) bond motifs is 2. The molecule has 0 spiro atoms. The molecule has 0 radical (unpaired) electrons. The molecular weight excluding hydrogens is 426 g/mol. The van der Waals surface area contributed by atoms with Crippen LogP contribution in [0.2, 0.25) is 0 Å². The highest BCUT2D eigenvalue weighted by atomic mass is 16.5. The number of hydrogen-bond acceptors (Lipinski definition) is 6. The average Bonchev–Trinajstić information content (AvgIpc) is 3.57. The minimum atomic E-state index is 0.405. The van der Waals surface area contributed by atoms with E-state index in [0.717, 1.165) is 48.0 Å². The summed E-state index contributed by atoms with van der Waals surface area (Å²) in [5.41, 5.74) is 2.42. The van der Waals surface area contributed by atoms with Gasteiger partial charge in [-0.15, -0.1) is 0 Å². The van der Waals surface area contributed by atoms with Gasteiger partial charge in [-0.05, 0) is 88.3 Å². The summed E-state index contributed by atoms with van der Waals surface area (Å²) in [4.78, 5) is 9.68. The Morgan fingerprint density at radius 2 is 1.88 bits per heavy atom. The number of aromatic nitrogens is 2. The molecule has 2 aliphatic heterocycles. The second-order valence-corrected chi connectivity index (χ2v) is 9.46. The molecule has 1 N–H and O–H groups in total. The second-order valence-electron chi connectivity index (χ2n) is 9.46. The van der Waals surface area contributed by atoms with Gasteiger partial charge in [-0.1, -0.05) is 0 Å². The number of likely N-dealkylation sites (tertiary alicyclic amines) is 2. The number of benzene rings is 1. The van der Waals surface area contributed by atoms with Gasteiger partial charge in [-0.2, -0.15) is 0 Å². The molecule has 176 valence electrons. The third kappa shape index (κ3) is 4.33. The molecule has 6 rings (SSSR count). The lowest BCUT2D eigenvalue weighted by atomic mass is 10.0. The average molecular weight is 458 g/mol. The first-order valence-electron chi connectivity index (χ1n) is 12.4. The van der Waals surface area contributed by atoms with Gasteiger partial charge < -0.3 is 18.5 Å². The van der Waals surface area contributed by atoms with E-state index in [1.807, 2.05) is 47.0 Å². The number of nitrogens with one attached hydrogen (secondary N) is 1. The lowest BCUT2D eigenvalue weighted by molar-refractivity contribution is 0.114. The van der Waals surface area contributed by atoms with Crippen molar-refractivity contribution in [2.75, 3.05) is 39.3 Å². The number of rotatable bonds is 6. The van der Waals surface area contributed by atoms with Crippen molar-refractivity contribution in [3.63, 3.8) is 0 Å². The third-order valence-electron chi connectivity index (χ3n) is 7.30. The lowest BCUT2D eigenvalue weighted by Gasteiger charge is -2.36. The van der Waals surface area contributed by atoms with E-state index in [1.165, 1.54) is 38.8 Å². The Morgan fingerprint density at radius 1 is 1.03 bits per heavy atom. The van der Waals surface area contributed by atoms with Crippen molar-refractivity contribution in [3.05, 3.63) is 60.3 Å². The molecule has 0 bridgehead atoms. The van der Waals surface area contributed by atoms with Crippen LogP contribution in [-0.4, -0.2) is 64.6 Å². The van der Waals surface area contributed by atoms with Crippen LogP contribution in [0.4, 0.5) is 0 Å². The zero-order valence-electron chi connectivity index (χ0n) is 19.4. The molecule has 34 heavy (non-hydrogen) atoms. The molecule has 1 aromatic carbocycles. The lowest BCUT2D eigenvalue weighted by Crippen LogP contribution is -2.44. The maximum atomic E-state index is 8.55. The molecule has 2 fully saturated rings. The first-order valence-corrected chi connectivity index (χ1v) is 12.4. The molecule has 0 atom stereocenters. The molecule has 7 heteroatoms. The number of nitrogens with zero attached hydrogens (tertiary/aromatic N) is 4. The smallest absolute Gasteiger partial charge is 0.155 e. The van der Waals surface area contributed by atoms with Crippen LogP contribution in [0.25, 0.3) is 27.9 Å². The van der Waals surface area contributed by atoms with E-state index in [0.29, 0.717) is 23.3 Å². The van der Waals surface area contributed by atoms with E-state index in [-0.39, 0.29) is 0 Å². The molecule has 7 nitrogen and oxygen atoms in total. The van der Waals surface area contributed by atoms with Gasteiger partial charge >= 0.3 is 0 Å². The Kier molecular flexibility index (Phi) is 5.81. The summed E-state index contributed by atoms with van der Waals surface area (Å²) in [5, 5.41) is 9.70. The second kappa shape index (κ2) is 9.24. The Hall–Kier alpha value is -3.16. The third-order valence-corrected chi connectivity index (χ3v) is 7.30. The molecule has 5 heterocycles. The van der Waals surface area contributed by atoms with Crippen molar-refractivity contribution in [1.82, 2.24) is 19.2 Å². The van der Waals surface area contributed by atoms with E-state index in [9.17, 15) is 0 Å². The largest absolute Gasteiger partial charge is 0.492 e. The number of piperidine rings is 1. The van der Waals surface area contributed by atoms with Gasteiger partial charge in [0.2, 0.25) is 0 Å². The normalized spacial score (nSPS) is 18.2. The fourth-order valence-electron chi connectivity index (χ4n) is 5.36. The highest BCUT2D eigenvalue weighted by Gasteiger charge is 2.26. The predicted octanol–water partition coefficient (Wildman–Crippen LogP) is 4.17. The molecule has 0 aliphatic carbocycles. The predicted molar refractivity (Wildman–Crippen MR) is 132 cm³/mol.